The van der Waals surface area contributed by atoms with Crippen LogP contribution in [0.3, 0.4) is 0 Å². The Morgan fingerprint density at radius 1 is 1.11 bits per heavy atom. The summed E-state index contributed by atoms with van der Waals surface area (Å²) in [6.45, 7) is 6.85. The van der Waals surface area contributed by atoms with Gasteiger partial charge in [0.15, 0.2) is 0 Å². The van der Waals surface area contributed by atoms with Crippen molar-refractivity contribution in [1.82, 2.24) is 28.6 Å². The molecule has 2 aliphatic rings. The predicted molar refractivity (Wildman–Crippen MR) is 177 cm³/mol. The summed E-state index contributed by atoms with van der Waals surface area (Å²) in [4.78, 5) is 13.8. The maximum atomic E-state index is 14.3. The van der Waals surface area contributed by atoms with Crippen molar-refractivity contribution in [2.24, 2.45) is 0 Å². The summed E-state index contributed by atoms with van der Waals surface area (Å²) in [6, 6.07) is 9.67. The van der Waals surface area contributed by atoms with Gasteiger partial charge in [-0.05, 0) is 49.1 Å². The van der Waals surface area contributed by atoms with Crippen molar-refractivity contribution in [2.45, 2.75) is 57.5 Å². The van der Waals surface area contributed by atoms with Gasteiger partial charge in [0.25, 0.3) is 0 Å². The number of nitrogens with zero attached hydrogens (tertiary/aromatic N) is 7. The predicted octanol–water partition coefficient (Wildman–Crippen LogP) is 5.26. The van der Waals surface area contributed by atoms with Gasteiger partial charge in [-0.2, -0.15) is 18.4 Å². The third-order valence-electron chi connectivity index (χ3n) is 9.38. The molecule has 0 radical (unpaired) electrons. The van der Waals surface area contributed by atoms with Gasteiger partial charge in [0.2, 0.25) is 0 Å². The topological polar surface area (TPSA) is 99.3 Å². The maximum absolute atomic E-state index is 14.3. The van der Waals surface area contributed by atoms with Gasteiger partial charge in [-0.3, -0.25) is 9.80 Å². The fraction of sp³-hybridized carbons (Fsp3) is 0.531. The molecule has 15 heteroatoms. The molecule has 2 fully saturated rings. The van der Waals surface area contributed by atoms with Crippen molar-refractivity contribution >= 4 is 49.6 Å². The monoisotopic (exact) mass is 690 g/mol. The van der Waals surface area contributed by atoms with Crippen molar-refractivity contribution in [3.05, 3.63) is 52.3 Å². The summed E-state index contributed by atoms with van der Waals surface area (Å²) in [5, 5.41) is 15.1. The van der Waals surface area contributed by atoms with E-state index in [4.69, 9.17) is 0 Å². The quantitative estimate of drug-likeness (QED) is 0.178. The summed E-state index contributed by atoms with van der Waals surface area (Å²) >= 11 is 0.0127. The van der Waals surface area contributed by atoms with Gasteiger partial charge in [0.1, 0.15) is 41.7 Å². The van der Waals surface area contributed by atoms with Crippen LogP contribution < -0.4 is 5.32 Å². The average Bonchev–Trinajstić information content (AvgIpc) is 3.62. The van der Waals surface area contributed by atoms with Crippen molar-refractivity contribution < 1.29 is 22.1 Å². The van der Waals surface area contributed by atoms with Crippen LogP contribution in [-0.2, 0) is 30.9 Å². The molecule has 2 atom stereocenters. The molecule has 1 aromatic carbocycles. The van der Waals surface area contributed by atoms with Crippen molar-refractivity contribution in [3.8, 4) is 6.07 Å². The molecule has 0 amide bonds. The standard InChI is InChI=1S/C32H38F4N8OS2/c1-21-22(3-4-29-27(21)13-24(17-37)44(29)19-25(16-33)42-9-11-43(12-10-42)47(2)45)18-41-7-5-23(6-8-41)40-30-28-14-26(15-32(34,35)36)46-31(28)39-20-38-30/h3-4,13-14,20,23,25H,5-12,15-16,18-19H2,1-2H3,(H,38,39,40). The first-order valence-electron chi connectivity index (χ1n) is 15.7. The molecule has 6 rings (SSSR count). The number of thiophene rings is 1. The molecular formula is C32H38F4N8OS2. The van der Waals surface area contributed by atoms with E-state index >= 15 is 0 Å². The second-order valence-electron chi connectivity index (χ2n) is 12.4. The molecule has 0 bridgehead atoms. The van der Waals surface area contributed by atoms with E-state index in [1.54, 1.807) is 12.3 Å². The summed E-state index contributed by atoms with van der Waals surface area (Å²) in [5.74, 6) is 0.576. The van der Waals surface area contributed by atoms with Crippen LogP contribution in [0.2, 0.25) is 0 Å². The van der Waals surface area contributed by atoms with Crippen LogP contribution in [0.1, 0.15) is 34.5 Å². The molecule has 252 valence electrons. The minimum absolute atomic E-state index is 0.140. The number of aryl methyl sites for hydroxylation is 1. The van der Waals surface area contributed by atoms with Crippen molar-refractivity contribution in [3.63, 3.8) is 0 Å². The number of benzene rings is 1. The number of likely N-dealkylation sites (tertiary alicyclic amines) is 1. The summed E-state index contributed by atoms with van der Waals surface area (Å²) < 4.78 is 68.8. The highest BCUT2D eigenvalue weighted by Crippen LogP contribution is 2.33. The minimum atomic E-state index is -4.27. The van der Waals surface area contributed by atoms with E-state index in [-0.39, 0.29) is 17.0 Å². The van der Waals surface area contributed by atoms with Gasteiger partial charge in [0.05, 0.1) is 30.9 Å². The minimum Gasteiger partial charge on any atom is -0.598 e. The van der Waals surface area contributed by atoms with Crippen LogP contribution in [0.25, 0.3) is 21.1 Å². The number of piperazine rings is 1. The van der Waals surface area contributed by atoms with Gasteiger partial charge < -0.3 is 14.4 Å². The number of alkyl halides is 4. The Labute approximate surface area is 278 Å². The lowest BCUT2D eigenvalue weighted by molar-refractivity contribution is -0.126. The van der Waals surface area contributed by atoms with E-state index in [0.29, 0.717) is 54.5 Å². The largest absolute Gasteiger partial charge is 0.598 e. The van der Waals surface area contributed by atoms with Crippen LogP contribution in [0.5, 0.6) is 0 Å². The van der Waals surface area contributed by atoms with E-state index in [1.165, 1.54) is 11.9 Å². The molecule has 4 aromatic rings. The zero-order valence-electron chi connectivity index (χ0n) is 26.4. The van der Waals surface area contributed by atoms with E-state index in [0.717, 1.165) is 60.3 Å². The van der Waals surface area contributed by atoms with Gasteiger partial charge in [0, 0.05) is 72.5 Å². The molecule has 9 nitrogen and oxygen atoms in total. The first-order valence-corrected chi connectivity index (χ1v) is 18.1. The molecule has 5 heterocycles. The second kappa shape index (κ2) is 14.2. The SMILES string of the molecule is Cc1c(CN2CCC(Nc3ncnc4sc(CC(F)(F)F)cc34)CC2)ccc2c1cc(C#N)n2CC(CF)N1CCN([S+](C)[O-])CC1. The lowest BCUT2D eigenvalue weighted by Gasteiger charge is -2.37. The third kappa shape index (κ3) is 7.68. The van der Waals surface area contributed by atoms with Crippen molar-refractivity contribution in [2.75, 3.05) is 57.5 Å². The van der Waals surface area contributed by atoms with E-state index < -0.39 is 30.6 Å². The number of aromatic nitrogens is 3. The average molecular weight is 691 g/mol. The number of fused-ring (bicyclic) bond motifs is 2. The highest BCUT2D eigenvalue weighted by Gasteiger charge is 2.30. The number of hydrogen-bond acceptors (Lipinski definition) is 9. The normalized spacial score (nSPS) is 18.9. The van der Waals surface area contributed by atoms with Gasteiger partial charge in [-0.15, -0.1) is 15.6 Å². The molecule has 0 aliphatic carbocycles. The summed E-state index contributed by atoms with van der Waals surface area (Å²) in [6.07, 6.45) is -0.473. The van der Waals surface area contributed by atoms with E-state index in [1.807, 2.05) is 21.0 Å². The Hall–Kier alpha value is -3.00. The zero-order valence-corrected chi connectivity index (χ0v) is 28.0. The fourth-order valence-electron chi connectivity index (χ4n) is 6.76. The molecule has 2 saturated heterocycles. The maximum Gasteiger partial charge on any atom is 0.393 e. The number of rotatable bonds is 10. The van der Waals surface area contributed by atoms with Gasteiger partial charge >= 0.3 is 6.18 Å². The first kappa shape index (κ1) is 33.9. The van der Waals surface area contributed by atoms with Crippen molar-refractivity contribution in [1.29, 1.82) is 5.26 Å². The number of nitrogens with one attached hydrogen (secondary N) is 1. The van der Waals surface area contributed by atoms with Crippen LogP contribution in [0.15, 0.2) is 30.6 Å². The Morgan fingerprint density at radius 2 is 1.85 bits per heavy atom. The number of piperidine rings is 1. The Bertz CT molecular complexity index is 1740. The number of hydrogen-bond donors (Lipinski definition) is 1. The lowest BCUT2D eigenvalue weighted by atomic mass is 10.0. The molecule has 2 unspecified atom stereocenters. The molecule has 0 saturated carbocycles. The van der Waals surface area contributed by atoms with Crippen LogP contribution >= 0.6 is 11.3 Å². The summed E-state index contributed by atoms with van der Waals surface area (Å²) in [5.41, 5.74) is 3.70. The lowest BCUT2D eigenvalue weighted by Crippen LogP contribution is -2.53. The fourth-order valence-corrected chi connectivity index (χ4v) is 8.46. The second-order valence-corrected chi connectivity index (χ2v) is 14.9. The van der Waals surface area contributed by atoms with Gasteiger partial charge in [-0.1, -0.05) is 6.07 Å². The van der Waals surface area contributed by atoms with E-state index in [9.17, 15) is 27.4 Å². The highest BCUT2D eigenvalue weighted by atomic mass is 32.2. The molecule has 3 aromatic heterocycles. The molecular weight excluding hydrogens is 653 g/mol. The Morgan fingerprint density at radius 3 is 2.51 bits per heavy atom. The Balaban J connectivity index is 1.09. The zero-order chi connectivity index (χ0) is 33.3. The highest BCUT2D eigenvalue weighted by molar-refractivity contribution is 7.88. The third-order valence-corrected chi connectivity index (χ3v) is 11.5. The van der Waals surface area contributed by atoms with Crippen LogP contribution in [-0.4, -0.2) is 104 Å². The van der Waals surface area contributed by atoms with Gasteiger partial charge in [-0.25, -0.2) is 14.4 Å². The van der Waals surface area contributed by atoms with Crippen LogP contribution in [0, 0.1) is 18.3 Å². The number of anilines is 1. The first-order chi connectivity index (χ1) is 22.5. The molecule has 1 N–H and O–H groups in total. The number of halogens is 4. The molecule has 47 heavy (non-hydrogen) atoms. The number of nitriles is 1. The Kier molecular flexibility index (Phi) is 10.3. The molecule has 0 spiro atoms. The molecule has 2 aliphatic heterocycles. The van der Waals surface area contributed by atoms with Crippen LogP contribution in [0.4, 0.5) is 23.4 Å². The smallest absolute Gasteiger partial charge is 0.393 e. The summed E-state index contributed by atoms with van der Waals surface area (Å²) in [7, 11) is 0. The van der Waals surface area contributed by atoms with E-state index in [2.05, 4.69) is 44.1 Å².